The van der Waals surface area contributed by atoms with Gasteiger partial charge in [0.1, 0.15) is 0 Å². The van der Waals surface area contributed by atoms with E-state index in [1.165, 1.54) is 13.1 Å². The fourth-order valence-corrected chi connectivity index (χ4v) is 2.99. The van der Waals surface area contributed by atoms with Gasteiger partial charge in [-0.05, 0) is 5.41 Å². The summed E-state index contributed by atoms with van der Waals surface area (Å²) >= 11 is 0. The average Bonchev–Trinajstić information content (AvgIpc) is 2.22. The molecule has 0 heterocycles. The van der Waals surface area contributed by atoms with Gasteiger partial charge in [-0.1, -0.05) is 32.0 Å². The molecule has 0 bridgehead atoms. The molecule has 1 unspecified atom stereocenters. The van der Waals surface area contributed by atoms with Crippen molar-refractivity contribution in [2.24, 2.45) is 16.5 Å². The molecular weight excluding hydrogens is 256 g/mol. The second kappa shape index (κ2) is 5.99. The summed E-state index contributed by atoms with van der Waals surface area (Å²) in [6.45, 7) is 8.42. The maximum atomic E-state index is 11.9. The molecule has 6 nitrogen and oxygen atoms in total. The number of hydrogen-bond acceptors (Lipinski definition) is 5. The molecule has 0 radical (unpaired) electrons. The van der Waals surface area contributed by atoms with Gasteiger partial charge in [0.25, 0.3) is 0 Å². The fraction of sp³-hybridized carbons (Fsp3) is 0.636. The number of nitrogens with zero attached hydrogens (tertiary/aromatic N) is 1. The number of carbonyl (C=O) groups excluding carboxylic acids is 1. The number of sulfone groups is 1. The van der Waals surface area contributed by atoms with Crippen LogP contribution in [0.25, 0.3) is 0 Å². The van der Waals surface area contributed by atoms with Crippen LogP contribution in [0.2, 0.25) is 0 Å². The van der Waals surface area contributed by atoms with Gasteiger partial charge in [-0.3, -0.25) is 4.79 Å². The number of oxime groups is 1. The normalized spacial score (nSPS) is 15.0. The smallest absolute Gasteiger partial charge is 0.230 e. The molecule has 0 aliphatic rings. The SMILES string of the molecule is C=CCS(=O)(=O)/C(=N\O)C(C(=O)NC)C(C)(C)C. The zero-order chi connectivity index (χ0) is 14.6. The summed E-state index contributed by atoms with van der Waals surface area (Å²) in [4.78, 5) is 11.8. The van der Waals surface area contributed by atoms with Crippen LogP contribution in [0.3, 0.4) is 0 Å². The number of rotatable bonds is 4. The molecule has 0 aliphatic heterocycles. The lowest BCUT2D eigenvalue weighted by Gasteiger charge is -2.28. The molecule has 1 atom stereocenters. The Morgan fingerprint density at radius 3 is 2.28 bits per heavy atom. The third-order valence-corrected chi connectivity index (χ3v) is 4.01. The van der Waals surface area contributed by atoms with E-state index >= 15 is 0 Å². The van der Waals surface area contributed by atoms with E-state index in [4.69, 9.17) is 5.21 Å². The summed E-state index contributed by atoms with van der Waals surface area (Å²) in [5.74, 6) is -1.95. The third kappa shape index (κ3) is 3.83. The van der Waals surface area contributed by atoms with Gasteiger partial charge in [0.15, 0.2) is 14.9 Å². The first-order valence-corrected chi connectivity index (χ1v) is 7.04. The first-order valence-electron chi connectivity index (χ1n) is 5.39. The molecule has 0 aromatic heterocycles. The van der Waals surface area contributed by atoms with Gasteiger partial charge in [-0.25, -0.2) is 8.42 Å². The molecular formula is C11H20N2O4S. The molecule has 2 N–H and O–H groups in total. The minimum atomic E-state index is -3.84. The summed E-state index contributed by atoms with van der Waals surface area (Å²) in [5, 5.41) is 13.6. The van der Waals surface area contributed by atoms with E-state index in [0.717, 1.165) is 0 Å². The van der Waals surface area contributed by atoms with Gasteiger partial charge < -0.3 is 10.5 Å². The van der Waals surface area contributed by atoms with E-state index in [2.05, 4.69) is 17.1 Å². The molecule has 0 aromatic rings. The molecule has 7 heteroatoms. The average molecular weight is 276 g/mol. The quantitative estimate of drug-likeness (QED) is 0.261. The number of carbonyl (C=O) groups is 1. The van der Waals surface area contributed by atoms with E-state index in [1.54, 1.807) is 20.8 Å². The minimum Gasteiger partial charge on any atom is -0.410 e. The van der Waals surface area contributed by atoms with Crippen molar-refractivity contribution in [1.82, 2.24) is 5.32 Å². The highest BCUT2D eigenvalue weighted by atomic mass is 32.2. The Balaban J connectivity index is 5.75. The van der Waals surface area contributed by atoms with Crippen LogP contribution in [0, 0.1) is 11.3 Å². The monoisotopic (exact) mass is 276 g/mol. The summed E-state index contributed by atoms with van der Waals surface area (Å²) in [5.41, 5.74) is -0.699. The van der Waals surface area contributed by atoms with Crippen LogP contribution in [0.15, 0.2) is 17.8 Å². The predicted octanol–water partition coefficient (Wildman–Crippen LogP) is 0.783. The van der Waals surface area contributed by atoms with Crippen molar-refractivity contribution in [1.29, 1.82) is 0 Å². The van der Waals surface area contributed by atoms with Gasteiger partial charge in [-0.15, -0.1) is 6.58 Å². The van der Waals surface area contributed by atoms with E-state index in [1.807, 2.05) is 0 Å². The lowest BCUT2D eigenvalue weighted by molar-refractivity contribution is -0.124. The van der Waals surface area contributed by atoms with Crippen molar-refractivity contribution < 1.29 is 18.4 Å². The molecule has 104 valence electrons. The predicted molar refractivity (Wildman–Crippen MR) is 70.2 cm³/mol. The summed E-state index contributed by atoms with van der Waals surface area (Å²) in [6, 6.07) is 0. The highest BCUT2D eigenvalue weighted by Crippen LogP contribution is 2.29. The van der Waals surface area contributed by atoms with Crippen molar-refractivity contribution >= 4 is 20.8 Å². The Labute approximate surface area is 108 Å². The largest absolute Gasteiger partial charge is 0.410 e. The second-order valence-corrected chi connectivity index (χ2v) is 6.90. The zero-order valence-corrected chi connectivity index (χ0v) is 11.9. The van der Waals surface area contributed by atoms with E-state index in [0.29, 0.717) is 0 Å². The number of amides is 1. The zero-order valence-electron chi connectivity index (χ0n) is 11.1. The lowest BCUT2D eigenvalue weighted by atomic mass is 9.80. The molecule has 0 spiro atoms. The Hall–Kier alpha value is -1.37. The van der Waals surface area contributed by atoms with Crippen molar-refractivity contribution in [2.45, 2.75) is 20.8 Å². The van der Waals surface area contributed by atoms with Crippen molar-refractivity contribution in [3.8, 4) is 0 Å². The summed E-state index contributed by atoms with van der Waals surface area (Å²) < 4.78 is 23.9. The van der Waals surface area contributed by atoms with Crippen LogP contribution in [0.1, 0.15) is 20.8 Å². The van der Waals surface area contributed by atoms with E-state index in [-0.39, 0.29) is 5.75 Å². The highest BCUT2D eigenvalue weighted by molar-refractivity contribution is 8.06. The molecule has 18 heavy (non-hydrogen) atoms. The maximum Gasteiger partial charge on any atom is 0.230 e. The minimum absolute atomic E-state index is 0.379. The van der Waals surface area contributed by atoms with E-state index in [9.17, 15) is 13.2 Å². The van der Waals surface area contributed by atoms with E-state index < -0.39 is 32.1 Å². The van der Waals surface area contributed by atoms with Crippen LogP contribution >= 0.6 is 0 Å². The molecule has 0 rings (SSSR count). The molecule has 0 aliphatic carbocycles. The number of nitrogens with one attached hydrogen (secondary N) is 1. The molecule has 1 amide bonds. The fourth-order valence-electron chi connectivity index (χ4n) is 1.56. The van der Waals surface area contributed by atoms with Gasteiger partial charge in [0.2, 0.25) is 5.91 Å². The van der Waals surface area contributed by atoms with Gasteiger partial charge in [0, 0.05) is 7.05 Å². The van der Waals surface area contributed by atoms with Crippen molar-refractivity contribution in [3.63, 3.8) is 0 Å². The van der Waals surface area contributed by atoms with Crippen molar-refractivity contribution in [2.75, 3.05) is 12.8 Å². The Bertz CT molecular complexity index is 446. The van der Waals surface area contributed by atoms with Crippen molar-refractivity contribution in [3.05, 3.63) is 12.7 Å². The second-order valence-electron chi connectivity index (χ2n) is 4.92. The van der Waals surface area contributed by atoms with Crippen LogP contribution < -0.4 is 5.32 Å². The summed E-state index contributed by atoms with van der Waals surface area (Å²) in [7, 11) is -2.44. The molecule has 0 saturated carbocycles. The first-order chi connectivity index (χ1) is 8.11. The first kappa shape index (κ1) is 16.6. The van der Waals surface area contributed by atoms with Crippen LogP contribution in [-0.2, 0) is 14.6 Å². The Morgan fingerprint density at radius 2 is 2.00 bits per heavy atom. The standard InChI is InChI=1S/C11H20N2O4S/c1-6-7-18(16,17)10(13-15)8(9(14)12-5)11(2,3)4/h6,8,15H,1,7H2,2-5H3,(H,12,14)/b13-10-. The molecule has 0 fully saturated rings. The number of hydrogen-bond donors (Lipinski definition) is 2. The topological polar surface area (TPSA) is 95.8 Å². The maximum absolute atomic E-state index is 11.9. The molecule has 0 aromatic carbocycles. The summed E-state index contributed by atoms with van der Waals surface area (Å²) in [6.07, 6.45) is 1.18. The van der Waals surface area contributed by atoms with Gasteiger partial charge in [0.05, 0.1) is 11.7 Å². The van der Waals surface area contributed by atoms with Gasteiger partial charge >= 0.3 is 0 Å². The van der Waals surface area contributed by atoms with Crippen LogP contribution in [0.5, 0.6) is 0 Å². The Morgan fingerprint density at radius 1 is 1.50 bits per heavy atom. The lowest BCUT2D eigenvalue weighted by Crippen LogP contribution is -2.44. The highest BCUT2D eigenvalue weighted by Gasteiger charge is 2.41. The molecule has 0 saturated heterocycles. The van der Waals surface area contributed by atoms with Crippen LogP contribution in [-0.4, -0.2) is 37.4 Å². The third-order valence-electron chi connectivity index (χ3n) is 2.38. The Kier molecular flexibility index (Phi) is 5.54. The van der Waals surface area contributed by atoms with Crippen LogP contribution in [0.4, 0.5) is 0 Å². The van der Waals surface area contributed by atoms with Gasteiger partial charge in [-0.2, -0.15) is 0 Å².